The average molecular weight is 363 g/mol. The van der Waals surface area contributed by atoms with E-state index in [-0.39, 0.29) is 12.6 Å². The van der Waals surface area contributed by atoms with Crippen LogP contribution in [0.4, 0.5) is 9.18 Å². The molecule has 3 aromatic rings. The number of amides is 1. The lowest BCUT2D eigenvalue weighted by Crippen LogP contribution is -2.37. The van der Waals surface area contributed by atoms with Crippen LogP contribution in [0.5, 0.6) is 0 Å². The van der Waals surface area contributed by atoms with Crippen LogP contribution >= 0.6 is 0 Å². The van der Waals surface area contributed by atoms with E-state index in [9.17, 15) is 9.18 Å². The molecule has 0 N–H and O–H groups in total. The fraction of sp³-hybridized carbons (Fsp3) is 0.261. The molecular weight excluding hydrogens is 341 g/mol. The summed E-state index contributed by atoms with van der Waals surface area (Å²) in [7, 11) is 0. The second kappa shape index (κ2) is 7.39. The lowest BCUT2D eigenvalue weighted by molar-refractivity contribution is 0.0763. The minimum atomic E-state index is -0.980. The van der Waals surface area contributed by atoms with Crippen molar-refractivity contribution < 1.29 is 13.9 Å². The summed E-state index contributed by atoms with van der Waals surface area (Å²) in [4.78, 5) is 14.4. The molecule has 0 spiro atoms. The molecule has 2 unspecified atom stereocenters. The van der Waals surface area contributed by atoms with E-state index < -0.39 is 18.3 Å². The third-order valence-corrected chi connectivity index (χ3v) is 5.14. The number of benzene rings is 3. The van der Waals surface area contributed by atoms with Crippen molar-refractivity contribution in [3.63, 3.8) is 0 Å². The maximum Gasteiger partial charge on any atom is 0.410 e. The van der Waals surface area contributed by atoms with Crippen molar-refractivity contribution in [1.82, 2.24) is 4.90 Å². The van der Waals surface area contributed by atoms with E-state index in [1.807, 2.05) is 79.7 Å². The molecule has 0 aliphatic heterocycles. The van der Waals surface area contributed by atoms with Gasteiger partial charge in [-0.15, -0.1) is 0 Å². The fourth-order valence-electron chi connectivity index (χ4n) is 3.58. The first kappa shape index (κ1) is 17.5. The van der Waals surface area contributed by atoms with Crippen molar-refractivity contribution in [2.24, 2.45) is 0 Å². The van der Waals surface area contributed by atoms with Crippen molar-refractivity contribution in [2.75, 3.05) is 0 Å². The highest BCUT2D eigenvalue weighted by Gasteiger charge is 2.47. The van der Waals surface area contributed by atoms with Gasteiger partial charge in [-0.2, -0.15) is 0 Å². The predicted octanol–water partition coefficient (Wildman–Crippen LogP) is 5.65. The monoisotopic (exact) mass is 363 g/mol. The zero-order valence-electron chi connectivity index (χ0n) is 15.2. The van der Waals surface area contributed by atoms with Crippen LogP contribution in [0.2, 0.25) is 0 Å². The minimum absolute atomic E-state index is 0.183. The van der Waals surface area contributed by atoms with Gasteiger partial charge in [0.15, 0.2) is 0 Å². The molecule has 1 saturated carbocycles. The summed E-state index contributed by atoms with van der Waals surface area (Å²) in [6.45, 7) is 2.12. The van der Waals surface area contributed by atoms with Gasteiger partial charge in [0.2, 0.25) is 0 Å². The largest absolute Gasteiger partial charge is 0.445 e. The topological polar surface area (TPSA) is 29.5 Å². The van der Waals surface area contributed by atoms with E-state index in [1.54, 1.807) is 4.90 Å². The molecule has 3 atom stereocenters. The SMILES string of the molecule is C[C@@H](c1cccc2ccccc12)N(C(=O)OCc1ccccc1)C1CC1F. The molecule has 0 aromatic heterocycles. The number of carbonyl (C=O) groups excluding carboxylic acids is 1. The lowest BCUT2D eigenvalue weighted by Gasteiger charge is -2.29. The van der Waals surface area contributed by atoms with Crippen molar-refractivity contribution in [3.8, 4) is 0 Å². The highest BCUT2D eigenvalue weighted by Crippen LogP contribution is 2.39. The molecule has 4 rings (SSSR count). The Hall–Kier alpha value is -2.88. The molecule has 27 heavy (non-hydrogen) atoms. The van der Waals surface area contributed by atoms with Gasteiger partial charge in [0.1, 0.15) is 12.8 Å². The van der Waals surface area contributed by atoms with Crippen LogP contribution in [-0.2, 0) is 11.3 Å². The number of hydrogen-bond acceptors (Lipinski definition) is 2. The molecule has 3 nitrogen and oxygen atoms in total. The van der Waals surface area contributed by atoms with E-state index in [0.29, 0.717) is 6.42 Å². The molecule has 4 heteroatoms. The molecular formula is C23H22FNO2. The van der Waals surface area contributed by atoms with Crippen LogP contribution < -0.4 is 0 Å². The van der Waals surface area contributed by atoms with E-state index in [0.717, 1.165) is 21.9 Å². The van der Waals surface area contributed by atoms with Crippen molar-refractivity contribution in [2.45, 2.75) is 38.2 Å². The summed E-state index contributed by atoms with van der Waals surface area (Å²) >= 11 is 0. The summed E-state index contributed by atoms with van der Waals surface area (Å²) in [5.41, 5.74) is 1.92. The van der Waals surface area contributed by atoms with Gasteiger partial charge in [-0.3, -0.25) is 4.90 Å². The van der Waals surface area contributed by atoms with Gasteiger partial charge in [-0.05, 0) is 28.8 Å². The first-order valence-corrected chi connectivity index (χ1v) is 9.26. The number of fused-ring (bicyclic) bond motifs is 1. The summed E-state index contributed by atoms with van der Waals surface area (Å²) in [5.74, 6) is 0. The summed E-state index contributed by atoms with van der Waals surface area (Å²) in [6.07, 6.45) is -1.08. The van der Waals surface area contributed by atoms with Crippen LogP contribution in [0.1, 0.15) is 30.5 Å². The van der Waals surface area contributed by atoms with Gasteiger partial charge in [-0.25, -0.2) is 9.18 Å². The third-order valence-electron chi connectivity index (χ3n) is 5.14. The molecule has 1 aliphatic rings. The van der Waals surface area contributed by atoms with Crippen LogP contribution in [-0.4, -0.2) is 23.2 Å². The number of rotatable bonds is 5. The number of ether oxygens (including phenoxy) is 1. The fourth-order valence-corrected chi connectivity index (χ4v) is 3.58. The Morgan fingerprint density at radius 3 is 2.48 bits per heavy atom. The molecule has 138 valence electrons. The van der Waals surface area contributed by atoms with E-state index in [4.69, 9.17) is 4.74 Å². The number of halogens is 1. The highest BCUT2D eigenvalue weighted by molar-refractivity contribution is 5.86. The smallest absolute Gasteiger partial charge is 0.410 e. The van der Waals surface area contributed by atoms with Crippen LogP contribution in [0.3, 0.4) is 0 Å². The number of nitrogens with zero attached hydrogens (tertiary/aromatic N) is 1. The zero-order chi connectivity index (χ0) is 18.8. The number of hydrogen-bond donors (Lipinski definition) is 0. The Morgan fingerprint density at radius 2 is 1.74 bits per heavy atom. The average Bonchev–Trinajstić information content (AvgIpc) is 3.42. The summed E-state index contributed by atoms with van der Waals surface area (Å²) < 4.78 is 19.4. The summed E-state index contributed by atoms with van der Waals surface area (Å²) in [6, 6.07) is 22.9. The Labute approximate surface area is 158 Å². The van der Waals surface area contributed by atoms with E-state index >= 15 is 0 Å². The standard InChI is InChI=1S/C23H22FNO2/c1-16(19-13-7-11-18-10-5-6-12-20(18)19)25(22-14-21(22)24)23(26)27-15-17-8-3-2-4-9-17/h2-13,16,21-22H,14-15H2,1H3/t16-,21?,22?/m0/s1. The molecule has 0 heterocycles. The van der Waals surface area contributed by atoms with Crippen LogP contribution in [0, 0.1) is 0 Å². The van der Waals surface area contributed by atoms with Gasteiger partial charge < -0.3 is 4.74 Å². The second-order valence-electron chi connectivity index (χ2n) is 7.01. The molecule has 1 fully saturated rings. The minimum Gasteiger partial charge on any atom is -0.445 e. The Kier molecular flexibility index (Phi) is 4.80. The maximum absolute atomic E-state index is 13.9. The molecule has 0 saturated heterocycles. The van der Waals surface area contributed by atoms with E-state index in [1.165, 1.54) is 0 Å². The lowest BCUT2D eigenvalue weighted by atomic mass is 9.99. The van der Waals surface area contributed by atoms with Gasteiger partial charge in [0.05, 0.1) is 12.1 Å². The maximum atomic E-state index is 13.9. The van der Waals surface area contributed by atoms with Gasteiger partial charge in [0.25, 0.3) is 0 Å². The quantitative estimate of drug-likeness (QED) is 0.586. The third kappa shape index (κ3) is 3.65. The predicted molar refractivity (Wildman–Crippen MR) is 104 cm³/mol. The molecule has 1 amide bonds. The summed E-state index contributed by atoms with van der Waals surface area (Å²) in [5, 5.41) is 2.18. The van der Waals surface area contributed by atoms with Crippen LogP contribution in [0.15, 0.2) is 72.8 Å². The molecule has 0 bridgehead atoms. The number of alkyl halides is 1. The van der Waals surface area contributed by atoms with E-state index in [2.05, 4.69) is 0 Å². The van der Waals surface area contributed by atoms with Gasteiger partial charge in [-0.1, -0.05) is 72.8 Å². The Balaban J connectivity index is 1.59. The first-order valence-electron chi connectivity index (χ1n) is 9.26. The zero-order valence-corrected chi connectivity index (χ0v) is 15.2. The normalized spacial score (nSPS) is 19.5. The first-order chi connectivity index (χ1) is 13.1. The molecule has 3 aromatic carbocycles. The number of carbonyl (C=O) groups is 1. The van der Waals surface area contributed by atoms with Crippen LogP contribution in [0.25, 0.3) is 10.8 Å². The second-order valence-corrected chi connectivity index (χ2v) is 7.01. The van der Waals surface area contributed by atoms with Crippen molar-refractivity contribution in [3.05, 3.63) is 83.9 Å². The van der Waals surface area contributed by atoms with Crippen molar-refractivity contribution in [1.29, 1.82) is 0 Å². The Morgan fingerprint density at radius 1 is 1.07 bits per heavy atom. The molecule has 1 aliphatic carbocycles. The highest BCUT2D eigenvalue weighted by atomic mass is 19.1. The van der Waals surface area contributed by atoms with Crippen molar-refractivity contribution >= 4 is 16.9 Å². The van der Waals surface area contributed by atoms with Gasteiger partial charge in [0, 0.05) is 6.42 Å². The van der Waals surface area contributed by atoms with Gasteiger partial charge >= 0.3 is 6.09 Å². The molecule has 0 radical (unpaired) electrons. The Bertz CT molecular complexity index is 938.